The van der Waals surface area contributed by atoms with Crippen LogP contribution in [0.4, 0.5) is 0 Å². The third-order valence-corrected chi connectivity index (χ3v) is 6.82. The Morgan fingerprint density at radius 1 is 1.00 bits per heavy atom. The molecule has 0 bridgehead atoms. The lowest BCUT2D eigenvalue weighted by molar-refractivity contribution is -0.146. The molecular formula is C22H25NO7S. The van der Waals surface area contributed by atoms with Gasteiger partial charge in [0.25, 0.3) is 0 Å². The minimum atomic E-state index is -3.66. The number of hydrogen-bond donors (Lipinski definition) is 0. The minimum Gasteiger partial charge on any atom is -0.489 e. The molecule has 1 atom stereocenters. The molecule has 1 unspecified atom stereocenters. The Morgan fingerprint density at radius 3 is 2.26 bits per heavy atom. The molecule has 0 N–H and O–H groups in total. The Hall–Kier alpha value is -2.91. The first-order valence-electron chi connectivity index (χ1n) is 9.79. The lowest BCUT2D eigenvalue weighted by atomic mass is 10.0. The molecule has 0 radical (unpaired) electrons. The molecule has 1 aliphatic heterocycles. The highest BCUT2D eigenvalue weighted by Crippen LogP contribution is 2.32. The summed E-state index contributed by atoms with van der Waals surface area (Å²) in [7, 11) is -1.11. The van der Waals surface area contributed by atoms with Crippen LogP contribution in [0.15, 0.2) is 58.3 Å². The van der Waals surface area contributed by atoms with Crippen molar-refractivity contribution in [1.29, 1.82) is 0 Å². The SMILES string of the molecule is COC(=O)CN(CC(=O)OC)CC1CCc2ccc(S(=O)(=O)c3ccccc3)cc2O1. The molecule has 2 aromatic rings. The summed E-state index contributed by atoms with van der Waals surface area (Å²) in [5, 5.41) is 0. The number of nitrogens with zero attached hydrogens (tertiary/aromatic N) is 1. The number of carbonyl (C=O) groups excluding carboxylic acids is 2. The first-order valence-corrected chi connectivity index (χ1v) is 11.3. The molecular weight excluding hydrogens is 422 g/mol. The fourth-order valence-corrected chi connectivity index (χ4v) is 4.70. The second kappa shape index (κ2) is 9.93. The maximum Gasteiger partial charge on any atom is 0.319 e. The number of hydrogen-bond acceptors (Lipinski definition) is 8. The highest BCUT2D eigenvalue weighted by molar-refractivity contribution is 7.91. The Balaban J connectivity index is 1.78. The van der Waals surface area contributed by atoms with Crippen LogP contribution in [0, 0.1) is 0 Å². The zero-order valence-electron chi connectivity index (χ0n) is 17.4. The quantitative estimate of drug-likeness (QED) is 0.566. The fourth-order valence-electron chi connectivity index (χ4n) is 3.40. The summed E-state index contributed by atoms with van der Waals surface area (Å²) in [4.78, 5) is 25.4. The predicted molar refractivity (Wildman–Crippen MR) is 112 cm³/mol. The van der Waals surface area contributed by atoms with E-state index in [2.05, 4.69) is 0 Å². The van der Waals surface area contributed by atoms with E-state index in [1.54, 1.807) is 47.4 Å². The van der Waals surface area contributed by atoms with Crippen LogP contribution in [0.3, 0.4) is 0 Å². The van der Waals surface area contributed by atoms with Gasteiger partial charge >= 0.3 is 11.9 Å². The molecule has 0 amide bonds. The van der Waals surface area contributed by atoms with Crippen molar-refractivity contribution in [2.24, 2.45) is 0 Å². The van der Waals surface area contributed by atoms with Gasteiger partial charge in [-0.1, -0.05) is 24.3 Å². The van der Waals surface area contributed by atoms with Gasteiger partial charge in [0.15, 0.2) is 0 Å². The molecule has 3 rings (SSSR count). The Bertz CT molecular complexity index is 1020. The van der Waals surface area contributed by atoms with Crippen molar-refractivity contribution < 1.29 is 32.2 Å². The zero-order valence-corrected chi connectivity index (χ0v) is 18.3. The lowest BCUT2D eigenvalue weighted by Gasteiger charge is -2.30. The van der Waals surface area contributed by atoms with Gasteiger partial charge < -0.3 is 14.2 Å². The Labute approximate surface area is 181 Å². The predicted octanol–water partition coefficient (Wildman–Crippen LogP) is 1.86. The number of fused-ring (bicyclic) bond motifs is 1. The van der Waals surface area contributed by atoms with Crippen molar-refractivity contribution in [1.82, 2.24) is 4.90 Å². The van der Waals surface area contributed by atoms with E-state index in [-0.39, 0.29) is 29.0 Å². The van der Waals surface area contributed by atoms with Crippen molar-refractivity contribution in [2.75, 3.05) is 33.9 Å². The highest BCUT2D eigenvalue weighted by Gasteiger charge is 2.27. The van der Waals surface area contributed by atoms with Crippen LogP contribution in [-0.4, -0.2) is 65.2 Å². The first-order chi connectivity index (χ1) is 14.8. The van der Waals surface area contributed by atoms with Crippen LogP contribution < -0.4 is 4.74 Å². The number of aryl methyl sites for hydroxylation is 1. The summed E-state index contributed by atoms with van der Waals surface area (Å²) < 4.78 is 41.3. The Morgan fingerprint density at radius 2 is 1.65 bits per heavy atom. The van der Waals surface area contributed by atoms with E-state index >= 15 is 0 Å². The van der Waals surface area contributed by atoms with E-state index < -0.39 is 21.8 Å². The van der Waals surface area contributed by atoms with E-state index in [0.717, 1.165) is 5.56 Å². The van der Waals surface area contributed by atoms with Crippen molar-refractivity contribution in [3.8, 4) is 5.75 Å². The van der Waals surface area contributed by atoms with Gasteiger partial charge in [0.2, 0.25) is 9.84 Å². The van der Waals surface area contributed by atoms with Gasteiger partial charge in [-0.3, -0.25) is 14.5 Å². The maximum atomic E-state index is 12.9. The molecule has 1 heterocycles. The molecule has 9 heteroatoms. The molecule has 31 heavy (non-hydrogen) atoms. The van der Waals surface area contributed by atoms with E-state index in [0.29, 0.717) is 25.1 Å². The monoisotopic (exact) mass is 447 g/mol. The van der Waals surface area contributed by atoms with Gasteiger partial charge in [0.05, 0.1) is 37.1 Å². The number of carbonyl (C=O) groups is 2. The second-order valence-electron chi connectivity index (χ2n) is 7.19. The summed E-state index contributed by atoms with van der Waals surface area (Å²) in [6.45, 7) is 0.126. The highest BCUT2D eigenvalue weighted by atomic mass is 32.2. The van der Waals surface area contributed by atoms with Crippen LogP contribution in [0.2, 0.25) is 0 Å². The smallest absolute Gasteiger partial charge is 0.319 e. The van der Waals surface area contributed by atoms with Crippen molar-refractivity contribution in [3.05, 3.63) is 54.1 Å². The molecule has 1 aliphatic rings. The van der Waals surface area contributed by atoms with Crippen LogP contribution in [0.1, 0.15) is 12.0 Å². The summed E-state index contributed by atoms with van der Waals surface area (Å²) in [5.74, 6) is -0.461. The van der Waals surface area contributed by atoms with Crippen molar-refractivity contribution in [3.63, 3.8) is 0 Å². The zero-order chi connectivity index (χ0) is 22.4. The van der Waals surface area contributed by atoms with Gasteiger partial charge in [0, 0.05) is 6.54 Å². The number of benzene rings is 2. The second-order valence-corrected chi connectivity index (χ2v) is 9.14. The van der Waals surface area contributed by atoms with Crippen LogP contribution in [-0.2, 0) is 35.3 Å². The molecule has 0 aromatic heterocycles. The van der Waals surface area contributed by atoms with Crippen molar-refractivity contribution in [2.45, 2.75) is 28.7 Å². The van der Waals surface area contributed by atoms with E-state index in [4.69, 9.17) is 14.2 Å². The molecule has 8 nitrogen and oxygen atoms in total. The van der Waals surface area contributed by atoms with Gasteiger partial charge in [-0.25, -0.2) is 8.42 Å². The molecule has 0 saturated carbocycles. The Kier molecular flexibility index (Phi) is 7.29. The van der Waals surface area contributed by atoms with Gasteiger partial charge in [-0.2, -0.15) is 0 Å². The molecule has 0 saturated heterocycles. The average molecular weight is 448 g/mol. The first kappa shape index (κ1) is 22.8. The summed E-state index contributed by atoms with van der Waals surface area (Å²) in [5.41, 5.74) is 0.913. The van der Waals surface area contributed by atoms with Crippen LogP contribution in [0.25, 0.3) is 0 Å². The normalized spacial score (nSPS) is 15.6. The topological polar surface area (TPSA) is 99.2 Å². The third kappa shape index (κ3) is 5.62. The third-order valence-electron chi connectivity index (χ3n) is 5.05. The van der Waals surface area contributed by atoms with Gasteiger partial charge in [0.1, 0.15) is 11.9 Å². The maximum absolute atomic E-state index is 12.9. The van der Waals surface area contributed by atoms with Crippen molar-refractivity contribution >= 4 is 21.8 Å². The van der Waals surface area contributed by atoms with Crippen LogP contribution >= 0.6 is 0 Å². The fraction of sp³-hybridized carbons (Fsp3) is 0.364. The summed E-state index contributed by atoms with van der Waals surface area (Å²) in [6.07, 6.45) is 1.03. The van der Waals surface area contributed by atoms with E-state index in [1.807, 2.05) is 0 Å². The number of ether oxygens (including phenoxy) is 3. The molecule has 0 aliphatic carbocycles. The van der Waals surface area contributed by atoms with E-state index in [9.17, 15) is 18.0 Å². The lowest BCUT2D eigenvalue weighted by Crippen LogP contribution is -2.43. The summed E-state index contributed by atoms with van der Waals surface area (Å²) >= 11 is 0. The molecule has 2 aromatic carbocycles. The number of esters is 2. The largest absolute Gasteiger partial charge is 0.489 e. The van der Waals surface area contributed by atoms with E-state index in [1.165, 1.54) is 20.3 Å². The van der Waals surface area contributed by atoms with Gasteiger partial charge in [-0.15, -0.1) is 0 Å². The standard InChI is InChI=1S/C22H25NO7S/c1-28-21(24)14-23(15-22(25)29-2)13-17-10-8-16-9-11-19(12-20(16)30-17)31(26,27)18-6-4-3-5-7-18/h3-7,9,11-12,17H,8,10,13-15H2,1-2H3. The number of sulfone groups is 1. The van der Waals surface area contributed by atoms with Gasteiger partial charge in [-0.05, 0) is 42.7 Å². The summed E-state index contributed by atoms with van der Waals surface area (Å²) in [6, 6.07) is 13.1. The molecule has 0 fully saturated rings. The van der Waals surface area contributed by atoms with Crippen LogP contribution in [0.5, 0.6) is 5.75 Å². The number of rotatable bonds is 8. The molecule has 166 valence electrons. The minimum absolute atomic E-state index is 0.0826. The average Bonchev–Trinajstić information content (AvgIpc) is 2.78. The number of methoxy groups -OCH3 is 2. The molecule has 0 spiro atoms.